The Morgan fingerprint density at radius 2 is 1.92 bits per heavy atom. The molecule has 1 aliphatic carbocycles. The molecular weight excluding hydrogens is 330 g/mol. The van der Waals surface area contributed by atoms with Crippen molar-refractivity contribution in [1.82, 2.24) is 4.90 Å². The van der Waals surface area contributed by atoms with E-state index in [1.165, 1.54) is 10.5 Å². The van der Waals surface area contributed by atoms with E-state index in [0.29, 0.717) is 13.0 Å². The van der Waals surface area contributed by atoms with Crippen LogP contribution in [-0.2, 0) is 32.3 Å². The van der Waals surface area contributed by atoms with Crippen LogP contribution in [0.25, 0.3) is 0 Å². The van der Waals surface area contributed by atoms with E-state index in [2.05, 4.69) is 0 Å². The van der Waals surface area contributed by atoms with Crippen LogP contribution in [0.4, 0.5) is 0 Å². The number of hydrogen-bond acceptors (Lipinski definition) is 4. The number of aliphatic carboxylic acids is 1. The predicted octanol–water partition coefficient (Wildman–Crippen LogP) is 1.66. The minimum Gasteiger partial charge on any atom is -0.480 e. The first-order valence-electron chi connectivity index (χ1n) is 8.17. The van der Waals surface area contributed by atoms with Gasteiger partial charge in [0.1, 0.15) is 6.54 Å². The van der Waals surface area contributed by atoms with Crippen molar-refractivity contribution in [3.8, 4) is 0 Å². The van der Waals surface area contributed by atoms with Crippen molar-refractivity contribution in [2.45, 2.75) is 43.9 Å². The van der Waals surface area contributed by atoms with E-state index >= 15 is 0 Å². The van der Waals surface area contributed by atoms with Gasteiger partial charge in [-0.3, -0.25) is 9.59 Å². The molecule has 0 bridgehead atoms. The van der Waals surface area contributed by atoms with Gasteiger partial charge in [0.2, 0.25) is 5.91 Å². The summed E-state index contributed by atoms with van der Waals surface area (Å²) in [4.78, 5) is 24.4. The van der Waals surface area contributed by atoms with E-state index in [9.17, 15) is 18.0 Å². The lowest BCUT2D eigenvalue weighted by atomic mass is 10.1. The molecule has 0 aromatic heterocycles. The van der Waals surface area contributed by atoms with Gasteiger partial charge < -0.3 is 10.0 Å². The largest absolute Gasteiger partial charge is 0.480 e. The standard InChI is InChI=1S/C17H23NO5S/c1-2-9-18(12-17(20)21)16(19)8-10-24(22,23)15-7-6-13-4-3-5-14(13)11-15/h6-7,11H,2-5,8-10,12H2,1H3,(H,20,21). The fraction of sp³-hybridized carbons (Fsp3) is 0.529. The van der Waals surface area contributed by atoms with E-state index in [4.69, 9.17) is 5.11 Å². The molecule has 1 aromatic rings. The first-order valence-corrected chi connectivity index (χ1v) is 9.83. The molecule has 0 saturated carbocycles. The van der Waals surface area contributed by atoms with Gasteiger partial charge >= 0.3 is 5.97 Å². The second-order valence-corrected chi connectivity index (χ2v) is 8.17. The highest BCUT2D eigenvalue weighted by Gasteiger charge is 2.22. The third-order valence-corrected chi connectivity index (χ3v) is 5.90. The van der Waals surface area contributed by atoms with E-state index in [1.54, 1.807) is 12.1 Å². The number of carbonyl (C=O) groups is 2. The van der Waals surface area contributed by atoms with Crippen molar-refractivity contribution < 1.29 is 23.1 Å². The monoisotopic (exact) mass is 353 g/mol. The lowest BCUT2D eigenvalue weighted by Crippen LogP contribution is -2.37. The van der Waals surface area contributed by atoms with Crippen LogP contribution in [0.3, 0.4) is 0 Å². The number of carboxylic acids is 1. The van der Waals surface area contributed by atoms with E-state index in [1.807, 2.05) is 13.0 Å². The highest BCUT2D eigenvalue weighted by Crippen LogP contribution is 2.25. The van der Waals surface area contributed by atoms with Crippen LogP contribution in [0.2, 0.25) is 0 Å². The summed E-state index contributed by atoms with van der Waals surface area (Å²) in [6.07, 6.45) is 3.33. The summed E-state index contributed by atoms with van der Waals surface area (Å²) in [7, 11) is -3.55. The summed E-state index contributed by atoms with van der Waals surface area (Å²) < 4.78 is 24.9. The van der Waals surface area contributed by atoms with Crippen molar-refractivity contribution in [2.24, 2.45) is 0 Å². The Labute approximate surface area is 142 Å². The normalized spacial score (nSPS) is 13.5. The highest BCUT2D eigenvalue weighted by atomic mass is 32.2. The Morgan fingerprint density at radius 1 is 1.21 bits per heavy atom. The van der Waals surface area contributed by atoms with Gasteiger partial charge in [0.25, 0.3) is 0 Å². The molecule has 0 fully saturated rings. The number of hydrogen-bond donors (Lipinski definition) is 1. The molecule has 1 N–H and O–H groups in total. The van der Waals surface area contributed by atoms with Crippen molar-refractivity contribution in [1.29, 1.82) is 0 Å². The number of carbonyl (C=O) groups excluding carboxylic acids is 1. The number of amides is 1. The molecule has 6 nitrogen and oxygen atoms in total. The summed E-state index contributed by atoms with van der Waals surface area (Å²) in [6, 6.07) is 5.17. The highest BCUT2D eigenvalue weighted by molar-refractivity contribution is 7.91. The third-order valence-electron chi connectivity index (χ3n) is 4.19. The molecule has 0 unspecified atom stereocenters. The first kappa shape index (κ1) is 18.4. The zero-order valence-corrected chi connectivity index (χ0v) is 14.6. The van der Waals surface area contributed by atoms with Gasteiger partial charge in [-0.15, -0.1) is 0 Å². The summed E-state index contributed by atoms with van der Waals surface area (Å²) in [5.41, 5.74) is 2.27. The van der Waals surface area contributed by atoms with Crippen molar-refractivity contribution in [3.63, 3.8) is 0 Å². The molecular formula is C17H23NO5S. The zero-order valence-electron chi connectivity index (χ0n) is 13.8. The Hall–Kier alpha value is -1.89. The topological polar surface area (TPSA) is 91.8 Å². The molecule has 2 rings (SSSR count). The van der Waals surface area contributed by atoms with Crippen LogP contribution in [0, 0.1) is 0 Å². The summed E-state index contributed by atoms with van der Waals surface area (Å²) in [5.74, 6) is -1.84. The van der Waals surface area contributed by atoms with Gasteiger partial charge in [0, 0.05) is 13.0 Å². The SMILES string of the molecule is CCCN(CC(=O)O)C(=O)CCS(=O)(=O)c1ccc2c(c1)CCC2. The van der Waals surface area contributed by atoms with E-state index in [-0.39, 0.29) is 17.1 Å². The second kappa shape index (κ2) is 7.79. The molecule has 0 heterocycles. The first-order chi connectivity index (χ1) is 11.3. The maximum Gasteiger partial charge on any atom is 0.323 e. The quantitative estimate of drug-likeness (QED) is 0.767. The molecule has 1 amide bonds. The number of aryl methyl sites for hydroxylation is 2. The van der Waals surface area contributed by atoms with E-state index in [0.717, 1.165) is 24.8 Å². The molecule has 132 valence electrons. The number of carboxylic acid groups (broad SMARTS) is 1. The minimum atomic E-state index is -3.55. The molecule has 1 aromatic carbocycles. The van der Waals surface area contributed by atoms with Crippen LogP contribution in [0.5, 0.6) is 0 Å². The summed E-state index contributed by atoms with van der Waals surface area (Å²) in [5, 5.41) is 8.84. The van der Waals surface area contributed by atoms with Gasteiger partial charge in [-0.25, -0.2) is 8.42 Å². The fourth-order valence-electron chi connectivity index (χ4n) is 2.96. The molecule has 7 heteroatoms. The Morgan fingerprint density at radius 3 is 2.58 bits per heavy atom. The second-order valence-electron chi connectivity index (χ2n) is 6.06. The van der Waals surface area contributed by atoms with Crippen LogP contribution < -0.4 is 0 Å². The molecule has 1 aliphatic rings. The lowest BCUT2D eigenvalue weighted by Gasteiger charge is -2.19. The molecule has 24 heavy (non-hydrogen) atoms. The minimum absolute atomic E-state index is 0.202. The van der Waals surface area contributed by atoms with Crippen molar-refractivity contribution in [3.05, 3.63) is 29.3 Å². The van der Waals surface area contributed by atoms with Crippen molar-refractivity contribution in [2.75, 3.05) is 18.8 Å². The Kier molecular flexibility index (Phi) is 5.99. The van der Waals surface area contributed by atoms with E-state index < -0.39 is 28.3 Å². The van der Waals surface area contributed by atoms with Crippen LogP contribution in [0.1, 0.15) is 37.3 Å². The van der Waals surface area contributed by atoms with Gasteiger partial charge in [0.05, 0.1) is 10.6 Å². The average Bonchev–Trinajstić information content (AvgIpc) is 2.99. The molecule has 0 spiro atoms. The molecule has 0 aliphatic heterocycles. The zero-order chi connectivity index (χ0) is 17.7. The van der Waals surface area contributed by atoms with Crippen LogP contribution >= 0.6 is 0 Å². The number of nitrogens with zero attached hydrogens (tertiary/aromatic N) is 1. The molecule has 0 radical (unpaired) electrons. The maximum atomic E-state index is 12.5. The number of rotatable bonds is 8. The van der Waals surface area contributed by atoms with Crippen molar-refractivity contribution >= 4 is 21.7 Å². The third kappa shape index (κ3) is 4.56. The van der Waals surface area contributed by atoms with Crippen LogP contribution in [0.15, 0.2) is 23.1 Å². The summed E-state index contributed by atoms with van der Waals surface area (Å²) >= 11 is 0. The number of sulfone groups is 1. The average molecular weight is 353 g/mol. The maximum absolute atomic E-state index is 12.5. The number of fused-ring (bicyclic) bond motifs is 1. The van der Waals surface area contributed by atoms with Gasteiger partial charge in [-0.05, 0) is 48.9 Å². The Bertz CT molecular complexity index is 726. The fourth-order valence-corrected chi connectivity index (χ4v) is 4.24. The van der Waals surface area contributed by atoms with Gasteiger partial charge in [-0.2, -0.15) is 0 Å². The lowest BCUT2D eigenvalue weighted by molar-refractivity contribution is -0.144. The predicted molar refractivity (Wildman–Crippen MR) is 89.6 cm³/mol. The smallest absolute Gasteiger partial charge is 0.323 e. The summed E-state index contributed by atoms with van der Waals surface area (Å²) in [6.45, 7) is 1.75. The Balaban J connectivity index is 2.03. The molecule has 0 atom stereocenters. The van der Waals surface area contributed by atoms with Gasteiger partial charge in [0.15, 0.2) is 9.84 Å². The van der Waals surface area contributed by atoms with Gasteiger partial charge in [-0.1, -0.05) is 13.0 Å². The number of benzene rings is 1. The molecule has 0 saturated heterocycles. The van der Waals surface area contributed by atoms with Crippen LogP contribution in [-0.4, -0.2) is 49.1 Å².